The van der Waals surface area contributed by atoms with E-state index < -0.39 is 6.04 Å². The number of nitrogens with one attached hydrogen (secondary N) is 3. The van der Waals surface area contributed by atoms with Crippen molar-refractivity contribution in [2.24, 2.45) is 0 Å². The molecule has 1 fully saturated rings. The van der Waals surface area contributed by atoms with Crippen molar-refractivity contribution in [2.45, 2.75) is 45.3 Å². The van der Waals surface area contributed by atoms with Crippen molar-refractivity contribution >= 4 is 22.7 Å². The monoisotopic (exact) mass is 418 g/mol. The van der Waals surface area contributed by atoms with Crippen LogP contribution in [-0.2, 0) is 29.1 Å². The molecule has 1 saturated heterocycles. The van der Waals surface area contributed by atoms with Crippen molar-refractivity contribution in [1.29, 1.82) is 0 Å². The smallest absolute Gasteiger partial charge is 0.243 e. The Morgan fingerprint density at radius 3 is 2.48 bits per heavy atom. The van der Waals surface area contributed by atoms with E-state index >= 15 is 0 Å². The van der Waals surface area contributed by atoms with E-state index in [1.807, 2.05) is 30.5 Å². The van der Waals surface area contributed by atoms with Gasteiger partial charge in [0.15, 0.2) is 0 Å². The molecule has 1 aromatic heterocycles. The van der Waals surface area contributed by atoms with Gasteiger partial charge in [-0.1, -0.05) is 42.5 Å². The van der Waals surface area contributed by atoms with E-state index in [2.05, 4.69) is 44.8 Å². The van der Waals surface area contributed by atoms with Crippen LogP contribution >= 0.6 is 0 Å². The third kappa shape index (κ3) is 5.52. The van der Waals surface area contributed by atoms with Gasteiger partial charge in [0.2, 0.25) is 11.8 Å². The summed E-state index contributed by atoms with van der Waals surface area (Å²) in [6.07, 6.45) is 4.92. The fraction of sp³-hybridized carbons (Fsp3) is 0.360. The van der Waals surface area contributed by atoms with E-state index in [0.29, 0.717) is 13.0 Å². The van der Waals surface area contributed by atoms with Crippen LogP contribution in [0.5, 0.6) is 0 Å². The maximum Gasteiger partial charge on any atom is 0.243 e. The molecule has 0 saturated carbocycles. The lowest BCUT2D eigenvalue weighted by Gasteiger charge is -2.18. The van der Waals surface area contributed by atoms with Crippen LogP contribution in [0.2, 0.25) is 0 Å². The molecule has 0 spiro atoms. The standard InChI is InChI=1S/C25H30N4O2/c1-18(30)28-24(14-21-16-26-23-7-3-2-6-22(21)23)25(31)27-15-19-8-10-20(11-9-19)17-29-12-4-5-13-29/h2-3,6-11,16,24,26H,4-5,12-15,17H2,1H3,(H,27,31)(H,28,30)/t24-/m0/s1. The number of hydrogen-bond donors (Lipinski definition) is 3. The summed E-state index contributed by atoms with van der Waals surface area (Å²) in [4.78, 5) is 30.3. The van der Waals surface area contributed by atoms with E-state index in [-0.39, 0.29) is 11.8 Å². The van der Waals surface area contributed by atoms with Gasteiger partial charge in [0.25, 0.3) is 0 Å². The summed E-state index contributed by atoms with van der Waals surface area (Å²) in [5, 5.41) is 6.85. The van der Waals surface area contributed by atoms with Crippen LogP contribution in [0.15, 0.2) is 54.7 Å². The number of benzene rings is 2. The van der Waals surface area contributed by atoms with Crippen molar-refractivity contribution in [1.82, 2.24) is 20.5 Å². The molecule has 3 aromatic rings. The van der Waals surface area contributed by atoms with Gasteiger partial charge in [0.1, 0.15) is 6.04 Å². The number of hydrogen-bond acceptors (Lipinski definition) is 3. The van der Waals surface area contributed by atoms with Gasteiger partial charge in [-0.25, -0.2) is 0 Å². The molecule has 2 amide bonds. The molecule has 1 atom stereocenters. The van der Waals surface area contributed by atoms with Gasteiger partial charge in [0, 0.05) is 43.5 Å². The van der Waals surface area contributed by atoms with Crippen molar-refractivity contribution in [3.05, 3.63) is 71.4 Å². The van der Waals surface area contributed by atoms with E-state index in [4.69, 9.17) is 0 Å². The largest absolute Gasteiger partial charge is 0.361 e. The van der Waals surface area contributed by atoms with Gasteiger partial charge < -0.3 is 15.6 Å². The minimum atomic E-state index is -0.619. The third-order valence-corrected chi connectivity index (χ3v) is 5.89. The summed E-state index contributed by atoms with van der Waals surface area (Å²) >= 11 is 0. The Hall–Kier alpha value is -3.12. The predicted molar refractivity (Wildman–Crippen MR) is 122 cm³/mol. The molecule has 3 N–H and O–H groups in total. The number of fused-ring (bicyclic) bond motifs is 1. The molecule has 31 heavy (non-hydrogen) atoms. The Morgan fingerprint density at radius 1 is 1.03 bits per heavy atom. The number of carbonyl (C=O) groups excluding carboxylic acids is 2. The number of aromatic amines is 1. The fourth-order valence-electron chi connectivity index (χ4n) is 4.25. The topological polar surface area (TPSA) is 77.2 Å². The third-order valence-electron chi connectivity index (χ3n) is 5.89. The van der Waals surface area contributed by atoms with E-state index in [0.717, 1.165) is 28.6 Å². The fourth-order valence-corrected chi connectivity index (χ4v) is 4.25. The van der Waals surface area contributed by atoms with Gasteiger partial charge in [-0.15, -0.1) is 0 Å². The predicted octanol–water partition coefficient (Wildman–Crippen LogP) is 3.13. The zero-order valence-electron chi connectivity index (χ0n) is 18.0. The second-order valence-electron chi connectivity index (χ2n) is 8.33. The maximum atomic E-state index is 12.9. The van der Waals surface area contributed by atoms with Crippen LogP contribution < -0.4 is 10.6 Å². The maximum absolute atomic E-state index is 12.9. The summed E-state index contributed by atoms with van der Waals surface area (Å²) in [5.74, 6) is -0.395. The lowest BCUT2D eigenvalue weighted by molar-refractivity contribution is -0.128. The first-order valence-corrected chi connectivity index (χ1v) is 11.0. The number of para-hydroxylation sites is 1. The second kappa shape index (κ2) is 9.79. The second-order valence-corrected chi connectivity index (χ2v) is 8.33. The molecule has 1 aliphatic rings. The quantitative estimate of drug-likeness (QED) is 0.526. The molecule has 0 aliphatic carbocycles. The van der Waals surface area contributed by atoms with E-state index in [1.165, 1.54) is 38.4 Å². The molecule has 4 rings (SSSR count). The number of rotatable bonds is 8. The Bertz CT molecular complexity index is 1040. The highest BCUT2D eigenvalue weighted by Gasteiger charge is 2.21. The average Bonchev–Trinajstić information content (AvgIpc) is 3.42. The van der Waals surface area contributed by atoms with Crippen molar-refractivity contribution in [3.63, 3.8) is 0 Å². The van der Waals surface area contributed by atoms with Crippen molar-refractivity contribution in [3.8, 4) is 0 Å². The van der Waals surface area contributed by atoms with Crippen LogP contribution in [0.4, 0.5) is 0 Å². The first-order chi connectivity index (χ1) is 15.1. The number of likely N-dealkylation sites (tertiary alicyclic amines) is 1. The zero-order valence-corrected chi connectivity index (χ0v) is 18.0. The molecule has 2 aromatic carbocycles. The molecule has 0 radical (unpaired) electrons. The van der Waals surface area contributed by atoms with Gasteiger partial charge >= 0.3 is 0 Å². The first kappa shape index (κ1) is 21.1. The SMILES string of the molecule is CC(=O)N[C@@H](Cc1c[nH]c2ccccc12)C(=O)NCc1ccc(CN2CCCC2)cc1. The van der Waals surface area contributed by atoms with Crippen LogP contribution in [0.3, 0.4) is 0 Å². The minimum Gasteiger partial charge on any atom is -0.361 e. The molecular formula is C25H30N4O2. The van der Waals surface area contributed by atoms with Gasteiger partial charge in [-0.3, -0.25) is 14.5 Å². The average molecular weight is 419 g/mol. The van der Waals surface area contributed by atoms with Crippen molar-refractivity contribution < 1.29 is 9.59 Å². The van der Waals surface area contributed by atoms with Gasteiger partial charge in [0.05, 0.1) is 0 Å². The zero-order chi connectivity index (χ0) is 21.6. The summed E-state index contributed by atoms with van der Waals surface area (Å²) in [6, 6.07) is 15.8. The van der Waals surface area contributed by atoms with E-state index in [1.54, 1.807) is 0 Å². The number of amides is 2. The van der Waals surface area contributed by atoms with Gasteiger partial charge in [-0.2, -0.15) is 0 Å². The summed E-state index contributed by atoms with van der Waals surface area (Å²) in [7, 11) is 0. The Morgan fingerprint density at radius 2 is 1.74 bits per heavy atom. The minimum absolute atomic E-state index is 0.179. The molecule has 0 bridgehead atoms. The molecule has 6 nitrogen and oxygen atoms in total. The van der Waals surface area contributed by atoms with Crippen LogP contribution in [0.25, 0.3) is 10.9 Å². The highest BCUT2D eigenvalue weighted by molar-refractivity contribution is 5.89. The Labute approximate surface area is 183 Å². The summed E-state index contributed by atoms with van der Waals surface area (Å²) in [5.41, 5.74) is 4.38. The molecular weight excluding hydrogens is 388 g/mol. The Kier molecular flexibility index (Phi) is 6.67. The highest BCUT2D eigenvalue weighted by Crippen LogP contribution is 2.19. The number of H-pyrrole nitrogens is 1. The normalized spacial score (nSPS) is 15.1. The van der Waals surface area contributed by atoms with Crippen molar-refractivity contribution in [2.75, 3.05) is 13.1 Å². The van der Waals surface area contributed by atoms with Crippen LogP contribution in [0.1, 0.15) is 36.5 Å². The van der Waals surface area contributed by atoms with E-state index in [9.17, 15) is 9.59 Å². The van der Waals surface area contributed by atoms with Crippen LogP contribution in [0, 0.1) is 0 Å². The van der Waals surface area contributed by atoms with Crippen LogP contribution in [-0.4, -0.2) is 40.8 Å². The molecule has 1 aliphatic heterocycles. The number of carbonyl (C=O) groups is 2. The lowest BCUT2D eigenvalue weighted by Crippen LogP contribution is -2.47. The highest BCUT2D eigenvalue weighted by atomic mass is 16.2. The molecule has 0 unspecified atom stereocenters. The summed E-state index contributed by atoms with van der Waals surface area (Å²) in [6.45, 7) is 5.22. The Balaban J connectivity index is 1.36. The molecule has 2 heterocycles. The molecule has 162 valence electrons. The number of aromatic nitrogens is 1. The first-order valence-electron chi connectivity index (χ1n) is 11.0. The summed E-state index contributed by atoms with van der Waals surface area (Å²) < 4.78 is 0. The number of nitrogens with zero attached hydrogens (tertiary/aromatic N) is 1. The van der Waals surface area contributed by atoms with Gasteiger partial charge in [-0.05, 0) is 48.7 Å². The lowest BCUT2D eigenvalue weighted by atomic mass is 10.0. The molecule has 6 heteroatoms.